The molecule has 4 rings (SSSR count). The molecule has 190 valence electrons. The van der Waals surface area contributed by atoms with Gasteiger partial charge in [-0.2, -0.15) is 0 Å². The van der Waals surface area contributed by atoms with Crippen LogP contribution in [0.25, 0.3) is 11.3 Å². The van der Waals surface area contributed by atoms with E-state index in [0.717, 1.165) is 22.3 Å². The lowest BCUT2D eigenvalue weighted by Gasteiger charge is -2.22. The number of thioether (sulfide) groups is 1. The number of aromatic hydroxyl groups is 1. The van der Waals surface area contributed by atoms with Crippen LogP contribution < -0.4 is 14.4 Å². The van der Waals surface area contributed by atoms with Crippen molar-refractivity contribution < 1.29 is 29.3 Å². The van der Waals surface area contributed by atoms with Crippen molar-refractivity contribution in [2.75, 3.05) is 19.1 Å². The summed E-state index contributed by atoms with van der Waals surface area (Å²) >= 11 is 2.61. The molecule has 2 unspecified atom stereocenters. The summed E-state index contributed by atoms with van der Waals surface area (Å²) in [4.78, 5) is 31.3. The van der Waals surface area contributed by atoms with Gasteiger partial charge in [-0.3, -0.25) is 14.5 Å². The van der Waals surface area contributed by atoms with Crippen molar-refractivity contribution >= 4 is 40.1 Å². The predicted octanol–water partition coefficient (Wildman–Crippen LogP) is 5.59. The molecule has 0 aliphatic carbocycles. The monoisotopic (exact) mass is 528 g/mol. The number of carbonyl (C=O) groups excluding carboxylic acids is 1. The number of hydrogen-bond donors (Lipinski definition) is 2. The molecule has 0 radical (unpaired) electrons. The topological polar surface area (TPSA) is 109 Å². The van der Waals surface area contributed by atoms with Crippen molar-refractivity contribution in [3.05, 3.63) is 52.4 Å². The number of aliphatic carboxylic acids is 1. The number of thiazole rings is 1. The number of anilines is 1. The van der Waals surface area contributed by atoms with Gasteiger partial charge in [0.15, 0.2) is 16.6 Å². The van der Waals surface area contributed by atoms with E-state index in [9.17, 15) is 19.8 Å². The van der Waals surface area contributed by atoms with Crippen LogP contribution in [0.2, 0.25) is 0 Å². The lowest BCUT2D eigenvalue weighted by atomic mass is 9.95. The summed E-state index contributed by atoms with van der Waals surface area (Å²) in [5, 5.41) is 20.9. The summed E-state index contributed by atoms with van der Waals surface area (Å²) in [6.45, 7) is 5.93. The molecule has 1 fully saturated rings. The third-order valence-electron chi connectivity index (χ3n) is 6.06. The number of carboxylic acids is 1. The smallest absolute Gasteiger partial charge is 0.305 e. The number of methoxy groups -OCH3 is 2. The number of phenols is 1. The summed E-state index contributed by atoms with van der Waals surface area (Å²) < 4.78 is 10.8. The molecule has 2 atom stereocenters. The van der Waals surface area contributed by atoms with Crippen LogP contribution in [0.4, 0.5) is 5.13 Å². The first kappa shape index (κ1) is 25.8. The number of amides is 1. The van der Waals surface area contributed by atoms with Gasteiger partial charge in [0.25, 0.3) is 0 Å². The summed E-state index contributed by atoms with van der Waals surface area (Å²) in [5.74, 6) is 0.126. The molecule has 36 heavy (non-hydrogen) atoms. The SMILES string of the molecule is COc1ccc(C2SC(CC(=O)O)C(=O)N2c2nc(-c3cc(C(C)C)c(O)cc3C)cs2)cc1OC. The molecule has 1 aliphatic rings. The van der Waals surface area contributed by atoms with Gasteiger partial charge in [0.2, 0.25) is 5.91 Å². The normalized spacial score (nSPS) is 17.6. The van der Waals surface area contributed by atoms with Crippen LogP contribution in [-0.4, -0.2) is 46.5 Å². The average Bonchev–Trinajstić information content (AvgIpc) is 3.42. The number of ether oxygens (including phenoxy) is 2. The van der Waals surface area contributed by atoms with Crippen molar-refractivity contribution in [3.8, 4) is 28.5 Å². The van der Waals surface area contributed by atoms with Crippen molar-refractivity contribution in [2.45, 2.75) is 43.7 Å². The number of rotatable bonds is 8. The van der Waals surface area contributed by atoms with Gasteiger partial charge in [0.05, 0.1) is 31.6 Å². The number of aryl methyl sites for hydroxylation is 1. The molecular formula is C26H28N2O6S2. The van der Waals surface area contributed by atoms with E-state index >= 15 is 0 Å². The number of aromatic nitrogens is 1. The van der Waals surface area contributed by atoms with E-state index in [0.29, 0.717) is 22.3 Å². The summed E-state index contributed by atoms with van der Waals surface area (Å²) in [6, 6.07) is 9.08. The Morgan fingerprint density at radius 1 is 1.17 bits per heavy atom. The predicted molar refractivity (Wildman–Crippen MR) is 141 cm³/mol. The van der Waals surface area contributed by atoms with E-state index in [1.165, 1.54) is 30.2 Å². The lowest BCUT2D eigenvalue weighted by Crippen LogP contribution is -2.31. The molecule has 0 spiro atoms. The fourth-order valence-corrected chi connectivity index (χ4v) is 6.55. The van der Waals surface area contributed by atoms with Crippen LogP contribution in [-0.2, 0) is 9.59 Å². The zero-order valence-corrected chi connectivity index (χ0v) is 22.3. The number of phenolic OH excluding ortho intramolecular Hbond substituents is 1. The number of hydrogen-bond acceptors (Lipinski definition) is 8. The maximum atomic E-state index is 13.4. The van der Waals surface area contributed by atoms with Gasteiger partial charge in [-0.05, 0) is 53.8 Å². The molecule has 1 amide bonds. The van der Waals surface area contributed by atoms with Crippen LogP contribution in [0.15, 0.2) is 35.7 Å². The van der Waals surface area contributed by atoms with Crippen LogP contribution in [0.3, 0.4) is 0 Å². The first-order chi connectivity index (χ1) is 17.1. The third kappa shape index (κ3) is 4.87. The molecule has 2 N–H and O–H groups in total. The second-order valence-electron chi connectivity index (χ2n) is 8.79. The Morgan fingerprint density at radius 2 is 1.89 bits per heavy atom. The first-order valence-electron chi connectivity index (χ1n) is 11.4. The van der Waals surface area contributed by atoms with E-state index in [2.05, 4.69) is 0 Å². The zero-order valence-electron chi connectivity index (χ0n) is 20.6. The highest BCUT2D eigenvalue weighted by atomic mass is 32.2. The van der Waals surface area contributed by atoms with Gasteiger partial charge in [-0.1, -0.05) is 19.9 Å². The van der Waals surface area contributed by atoms with E-state index in [1.54, 1.807) is 30.2 Å². The molecule has 2 heterocycles. The summed E-state index contributed by atoms with van der Waals surface area (Å²) in [5.41, 5.74) is 4.04. The van der Waals surface area contributed by atoms with Crippen LogP contribution in [0.1, 0.15) is 48.3 Å². The fraction of sp³-hybridized carbons (Fsp3) is 0.346. The standard InChI is InChI=1S/C26H28N2O6S2/c1-13(2)16-10-17(14(3)8-19(16)29)18-12-35-26(27-18)28-24(32)22(11-23(30)31)36-25(28)15-6-7-20(33-4)21(9-15)34-5/h6-10,12-13,22,25,29H,11H2,1-5H3,(H,30,31). The highest BCUT2D eigenvalue weighted by molar-refractivity contribution is 8.01. The molecule has 1 saturated heterocycles. The van der Waals surface area contributed by atoms with Crippen molar-refractivity contribution in [3.63, 3.8) is 0 Å². The Balaban J connectivity index is 1.76. The van der Waals surface area contributed by atoms with E-state index in [1.807, 2.05) is 38.3 Å². The Bertz CT molecular complexity index is 1310. The van der Waals surface area contributed by atoms with Crippen LogP contribution in [0.5, 0.6) is 17.2 Å². The molecule has 10 heteroatoms. The van der Waals surface area contributed by atoms with E-state index in [-0.39, 0.29) is 24.0 Å². The van der Waals surface area contributed by atoms with Crippen molar-refractivity contribution in [2.24, 2.45) is 0 Å². The highest BCUT2D eigenvalue weighted by Crippen LogP contribution is 2.49. The molecule has 8 nitrogen and oxygen atoms in total. The van der Waals surface area contributed by atoms with Crippen LogP contribution in [0, 0.1) is 6.92 Å². The molecule has 0 saturated carbocycles. The number of carbonyl (C=O) groups is 2. The van der Waals surface area contributed by atoms with Gasteiger partial charge in [-0.15, -0.1) is 23.1 Å². The Kier molecular flexibility index (Phi) is 7.46. The molecule has 1 aromatic heterocycles. The zero-order chi connectivity index (χ0) is 26.1. The van der Waals surface area contributed by atoms with E-state index in [4.69, 9.17) is 14.5 Å². The lowest BCUT2D eigenvalue weighted by molar-refractivity contribution is -0.138. The maximum absolute atomic E-state index is 13.4. The minimum Gasteiger partial charge on any atom is -0.508 e. The summed E-state index contributed by atoms with van der Waals surface area (Å²) in [6.07, 6.45) is -0.281. The van der Waals surface area contributed by atoms with Crippen molar-refractivity contribution in [1.29, 1.82) is 0 Å². The third-order valence-corrected chi connectivity index (χ3v) is 8.34. The van der Waals surface area contributed by atoms with E-state index < -0.39 is 16.6 Å². The summed E-state index contributed by atoms with van der Waals surface area (Å²) in [7, 11) is 3.09. The molecule has 3 aromatic rings. The van der Waals surface area contributed by atoms with Gasteiger partial charge >= 0.3 is 5.97 Å². The second-order valence-corrected chi connectivity index (χ2v) is 10.9. The Morgan fingerprint density at radius 3 is 2.53 bits per heavy atom. The highest BCUT2D eigenvalue weighted by Gasteiger charge is 2.44. The Labute approximate surface area is 217 Å². The molecular weight excluding hydrogens is 500 g/mol. The maximum Gasteiger partial charge on any atom is 0.305 e. The first-order valence-corrected chi connectivity index (χ1v) is 13.2. The minimum atomic E-state index is -1.03. The number of nitrogens with zero attached hydrogens (tertiary/aromatic N) is 2. The molecule has 0 bridgehead atoms. The fourth-order valence-electron chi connectivity index (χ4n) is 4.21. The molecule has 2 aromatic carbocycles. The average molecular weight is 529 g/mol. The quantitative estimate of drug-likeness (QED) is 0.390. The van der Waals surface area contributed by atoms with Gasteiger partial charge in [-0.25, -0.2) is 4.98 Å². The van der Waals surface area contributed by atoms with Crippen LogP contribution >= 0.6 is 23.1 Å². The second kappa shape index (κ2) is 10.4. The van der Waals surface area contributed by atoms with Gasteiger partial charge in [0.1, 0.15) is 11.1 Å². The van der Waals surface area contributed by atoms with Gasteiger partial charge < -0.3 is 19.7 Å². The minimum absolute atomic E-state index is 0.130. The largest absolute Gasteiger partial charge is 0.508 e. The molecule has 1 aliphatic heterocycles. The van der Waals surface area contributed by atoms with Gasteiger partial charge in [0, 0.05) is 10.9 Å². The number of benzene rings is 2. The number of carboxylic acid groups (broad SMARTS) is 1. The van der Waals surface area contributed by atoms with Crippen molar-refractivity contribution in [1.82, 2.24) is 4.98 Å². The Hall–Kier alpha value is -3.24.